The Kier molecular flexibility index (Phi) is 5.13. The highest BCUT2D eigenvalue weighted by molar-refractivity contribution is 6.00. The fourth-order valence-electron chi connectivity index (χ4n) is 3.43. The molecule has 0 aliphatic rings. The number of amides is 1. The van der Waals surface area contributed by atoms with E-state index >= 15 is 0 Å². The first-order valence-electron chi connectivity index (χ1n) is 9.43. The molecule has 0 radical (unpaired) electrons. The van der Waals surface area contributed by atoms with Gasteiger partial charge in [0.2, 0.25) is 5.91 Å². The van der Waals surface area contributed by atoms with Crippen molar-refractivity contribution in [2.45, 2.75) is 54.4 Å². The molecule has 0 saturated carbocycles. The van der Waals surface area contributed by atoms with Crippen LogP contribution in [0.2, 0.25) is 0 Å². The van der Waals surface area contributed by atoms with Gasteiger partial charge in [0, 0.05) is 34.9 Å². The Balaban J connectivity index is 2.02. The van der Waals surface area contributed by atoms with E-state index in [0.29, 0.717) is 30.0 Å². The van der Waals surface area contributed by atoms with Gasteiger partial charge < -0.3 is 14.2 Å². The molecule has 144 valence electrons. The third-order valence-electron chi connectivity index (χ3n) is 5.25. The molecular weight excluding hydrogens is 342 g/mol. The summed E-state index contributed by atoms with van der Waals surface area (Å²) in [6.45, 7) is 12.5. The van der Waals surface area contributed by atoms with Gasteiger partial charge in [0.1, 0.15) is 16.9 Å². The van der Waals surface area contributed by atoms with Crippen molar-refractivity contribution in [3.05, 3.63) is 44.5 Å². The first-order valence-corrected chi connectivity index (χ1v) is 9.43. The van der Waals surface area contributed by atoms with Crippen molar-refractivity contribution in [1.82, 2.24) is 5.32 Å². The van der Waals surface area contributed by atoms with Crippen LogP contribution in [0.3, 0.4) is 0 Å². The predicted octanol–water partition coefficient (Wildman–Crippen LogP) is 4.48. The maximum absolute atomic E-state index is 12.6. The minimum Gasteiger partial charge on any atom is -0.461 e. The zero-order valence-electron chi connectivity index (χ0n) is 16.9. The van der Waals surface area contributed by atoms with Gasteiger partial charge in [-0.25, -0.2) is 4.79 Å². The Labute approximate surface area is 158 Å². The SMILES string of the molecule is Cc1oc2c(C)c3oc(=O)c(CCC(=O)NCC(C)C)c(C)c3cc2c1C. The predicted molar refractivity (Wildman–Crippen MR) is 107 cm³/mol. The van der Waals surface area contributed by atoms with Crippen LogP contribution >= 0.6 is 0 Å². The van der Waals surface area contributed by atoms with E-state index in [2.05, 4.69) is 5.32 Å². The van der Waals surface area contributed by atoms with Crippen LogP contribution in [0.5, 0.6) is 0 Å². The number of carbonyl (C=O) groups excluding carboxylic acids is 1. The largest absolute Gasteiger partial charge is 0.461 e. The molecule has 2 heterocycles. The number of furan rings is 1. The molecule has 0 saturated heterocycles. The van der Waals surface area contributed by atoms with Crippen molar-refractivity contribution in [2.24, 2.45) is 5.92 Å². The van der Waals surface area contributed by atoms with E-state index in [9.17, 15) is 9.59 Å². The summed E-state index contributed by atoms with van der Waals surface area (Å²) in [5.41, 5.74) is 4.32. The molecule has 1 N–H and O–H groups in total. The average molecular weight is 369 g/mol. The summed E-state index contributed by atoms with van der Waals surface area (Å²) in [5.74, 6) is 1.22. The van der Waals surface area contributed by atoms with Crippen LogP contribution in [0.25, 0.3) is 21.9 Å². The van der Waals surface area contributed by atoms with Crippen LogP contribution in [-0.4, -0.2) is 12.5 Å². The number of hydrogen-bond acceptors (Lipinski definition) is 4. The molecule has 0 aliphatic carbocycles. The van der Waals surface area contributed by atoms with Crippen LogP contribution in [0.4, 0.5) is 0 Å². The van der Waals surface area contributed by atoms with Gasteiger partial charge in [0.25, 0.3) is 0 Å². The van der Waals surface area contributed by atoms with Gasteiger partial charge in [0.15, 0.2) is 0 Å². The van der Waals surface area contributed by atoms with Gasteiger partial charge in [-0.05, 0) is 57.2 Å². The second-order valence-corrected chi connectivity index (χ2v) is 7.73. The number of carbonyl (C=O) groups is 1. The Hall–Kier alpha value is -2.56. The average Bonchev–Trinajstić information content (AvgIpc) is 2.89. The molecule has 0 aliphatic heterocycles. The Morgan fingerprint density at radius 2 is 1.63 bits per heavy atom. The second-order valence-electron chi connectivity index (χ2n) is 7.73. The highest BCUT2D eigenvalue weighted by atomic mass is 16.4. The number of aryl methyl sites for hydroxylation is 4. The van der Waals surface area contributed by atoms with Crippen LogP contribution < -0.4 is 10.9 Å². The van der Waals surface area contributed by atoms with Crippen LogP contribution in [0.15, 0.2) is 19.7 Å². The lowest BCUT2D eigenvalue weighted by molar-refractivity contribution is -0.121. The van der Waals surface area contributed by atoms with E-state index in [-0.39, 0.29) is 18.0 Å². The van der Waals surface area contributed by atoms with Gasteiger partial charge in [0.05, 0.1) is 0 Å². The number of fused-ring (bicyclic) bond motifs is 2. The molecule has 0 unspecified atom stereocenters. The van der Waals surface area contributed by atoms with Gasteiger partial charge >= 0.3 is 5.63 Å². The number of benzene rings is 1. The molecule has 3 rings (SSSR count). The molecule has 27 heavy (non-hydrogen) atoms. The first-order chi connectivity index (χ1) is 12.7. The number of rotatable bonds is 5. The fourth-order valence-corrected chi connectivity index (χ4v) is 3.43. The van der Waals surface area contributed by atoms with E-state index < -0.39 is 0 Å². The molecule has 1 amide bonds. The quantitative estimate of drug-likeness (QED) is 0.673. The van der Waals surface area contributed by atoms with Crippen molar-refractivity contribution in [2.75, 3.05) is 6.54 Å². The zero-order chi connectivity index (χ0) is 19.9. The standard InChI is InChI=1S/C22H27NO4/c1-11(2)10-23-19(24)8-7-16-13(4)18-9-17-12(3)15(6)26-20(17)14(5)21(18)27-22(16)25/h9,11H,7-8,10H2,1-6H3,(H,23,24). The molecule has 5 nitrogen and oxygen atoms in total. The fraction of sp³-hybridized carbons (Fsp3) is 0.455. The third kappa shape index (κ3) is 3.51. The molecule has 0 atom stereocenters. The molecular formula is C22H27NO4. The summed E-state index contributed by atoms with van der Waals surface area (Å²) in [5, 5.41) is 4.83. The highest BCUT2D eigenvalue weighted by Gasteiger charge is 2.19. The lowest BCUT2D eigenvalue weighted by Crippen LogP contribution is -2.28. The molecule has 3 aromatic rings. The summed E-state index contributed by atoms with van der Waals surface area (Å²) in [6, 6.07) is 2.03. The van der Waals surface area contributed by atoms with Gasteiger partial charge in [-0.1, -0.05) is 13.8 Å². The van der Waals surface area contributed by atoms with E-state index in [1.165, 1.54) is 0 Å². The normalized spacial score (nSPS) is 11.7. The molecule has 0 fully saturated rings. The van der Waals surface area contributed by atoms with Gasteiger partial charge in [-0.15, -0.1) is 0 Å². The Morgan fingerprint density at radius 1 is 1.00 bits per heavy atom. The highest BCUT2D eigenvalue weighted by Crippen LogP contribution is 2.34. The van der Waals surface area contributed by atoms with Crippen molar-refractivity contribution in [1.29, 1.82) is 0 Å². The van der Waals surface area contributed by atoms with Crippen molar-refractivity contribution < 1.29 is 13.6 Å². The van der Waals surface area contributed by atoms with Crippen molar-refractivity contribution >= 4 is 27.8 Å². The maximum Gasteiger partial charge on any atom is 0.339 e. The second kappa shape index (κ2) is 7.22. The molecule has 2 aromatic heterocycles. The summed E-state index contributed by atoms with van der Waals surface area (Å²) >= 11 is 0. The monoisotopic (exact) mass is 369 g/mol. The summed E-state index contributed by atoms with van der Waals surface area (Å²) in [6.07, 6.45) is 0.642. The van der Waals surface area contributed by atoms with E-state index in [1.54, 1.807) is 0 Å². The van der Waals surface area contributed by atoms with Crippen LogP contribution in [-0.2, 0) is 11.2 Å². The lowest BCUT2D eigenvalue weighted by Gasteiger charge is -2.11. The van der Waals surface area contributed by atoms with Crippen LogP contribution in [0.1, 0.15) is 48.3 Å². The lowest BCUT2D eigenvalue weighted by atomic mass is 9.98. The first kappa shape index (κ1) is 19.2. The number of nitrogens with one attached hydrogen (secondary N) is 1. The molecule has 0 bridgehead atoms. The van der Waals surface area contributed by atoms with E-state index in [1.807, 2.05) is 47.6 Å². The van der Waals surface area contributed by atoms with E-state index in [4.69, 9.17) is 8.83 Å². The molecule has 0 spiro atoms. The topological polar surface area (TPSA) is 72.5 Å². The summed E-state index contributed by atoms with van der Waals surface area (Å²) in [4.78, 5) is 24.6. The van der Waals surface area contributed by atoms with E-state index in [0.717, 1.165) is 38.8 Å². The smallest absolute Gasteiger partial charge is 0.339 e. The molecule has 1 aromatic carbocycles. The van der Waals surface area contributed by atoms with Crippen molar-refractivity contribution in [3.8, 4) is 0 Å². The molecule has 5 heteroatoms. The minimum absolute atomic E-state index is 0.0458. The maximum atomic E-state index is 12.6. The third-order valence-corrected chi connectivity index (χ3v) is 5.25. The van der Waals surface area contributed by atoms with Gasteiger partial charge in [-0.3, -0.25) is 4.79 Å². The Bertz CT molecular complexity index is 1090. The summed E-state index contributed by atoms with van der Waals surface area (Å²) < 4.78 is 11.5. The minimum atomic E-state index is -0.376. The van der Waals surface area contributed by atoms with Crippen LogP contribution in [0, 0.1) is 33.6 Å². The summed E-state index contributed by atoms with van der Waals surface area (Å²) in [7, 11) is 0. The Morgan fingerprint density at radius 3 is 2.30 bits per heavy atom. The van der Waals surface area contributed by atoms with Gasteiger partial charge in [-0.2, -0.15) is 0 Å². The number of hydrogen-bond donors (Lipinski definition) is 1. The van der Waals surface area contributed by atoms with Crippen molar-refractivity contribution in [3.63, 3.8) is 0 Å². The zero-order valence-corrected chi connectivity index (χ0v) is 16.9.